The van der Waals surface area contributed by atoms with Crippen LogP contribution < -0.4 is 10.6 Å². The molecule has 4 nitrogen and oxygen atoms in total. The fraction of sp³-hybridized carbons (Fsp3) is 0.733. The number of nitrogens with one attached hydrogen (secondary N) is 2. The van der Waals surface area contributed by atoms with Crippen LogP contribution in [0.1, 0.15) is 44.3 Å². The molecule has 1 rings (SSSR count). The number of nitrogens with zero attached hydrogens (tertiary/aromatic N) is 2. The number of aromatic nitrogens is 1. The second-order valence-electron chi connectivity index (χ2n) is 4.90. The molecule has 0 aromatic carbocycles. The second-order valence-corrected chi connectivity index (χ2v) is 5.84. The molecule has 20 heavy (non-hydrogen) atoms. The summed E-state index contributed by atoms with van der Waals surface area (Å²) < 4.78 is 0. The minimum atomic E-state index is 0.721. The predicted molar refractivity (Wildman–Crippen MR) is 88.6 cm³/mol. The minimum Gasteiger partial charge on any atom is -0.356 e. The monoisotopic (exact) mass is 296 g/mol. The molecule has 0 saturated heterocycles. The zero-order valence-electron chi connectivity index (χ0n) is 13.2. The lowest BCUT2D eigenvalue weighted by molar-refractivity contribution is 0.481. The zero-order chi connectivity index (χ0) is 14.8. The molecule has 0 spiro atoms. The molecule has 2 N–H and O–H groups in total. The summed E-state index contributed by atoms with van der Waals surface area (Å²) in [5.41, 5.74) is 1.18. The van der Waals surface area contributed by atoms with E-state index in [2.05, 4.69) is 46.8 Å². The van der Waals surface area contributed by atoms with Crippen LogP contribution in [-0.2, 0) is 12.8 Å². The number of guanidine groups is 1. The van der Waals surface area contributed by atoms with Crippen molar-refractivity contribution in [3.05, 3.63) is 16.1 Å². The summed E-state index contributed by atoms with van der Waals surface area (Å²) in [6, 6.07) is 0. The third kappa shape index (κ3) is 5.90. The number of aryl methyl sites for hydroxylation is 1. The van der Waals surface area contributed by atoms with E-state index in [1.807, 2.05) is 7.05 Å². The molecule has 0 saturated carbocycles. The summed E-state index contributed by atoms with van der Waals surface area (Å²) in [6.45, 7) is 8.47. The maximum Gasteiger partial charge on any atom is 0.190 e. The van der Waals surface area contributed by atoms with E-state index in [-0.39, 0.29) is 0 Å². The molecule has 0 fully saturated rings. The molecule has 1 heterocycles. The normalized spacial score (nSPS) is 11.9. The fourth-order valence-corrected chi connectivity index (χ4v) is 2.75. The highest BCUT2D eigenvalue weighted by molar-refractivity contribution is 7.09. The van der Waals surface area contributed by atoms with E-state index in [1.54, 1.807) is 11.3 Å². The van der Waals surface area contributed by atoms with Gasteiger partial charge >= 0.3 is 0 Å². The molecule has 114 valence electrons. The third-order valence-electron chi connectivity index (χ3n) is 3.51. The second kappa shape index (κ2) is 9.75. The lowest BCUT2D eigenvalue weighted by Gasteiger charge is -2.16. The quantitative estimate of drug-likeness (QED) is 0.573. The van der Waals surface area contributed by atoms with Crippen molar-refractivity contribution in [2.75, 3.05) is 20.1 Å². The van der Waals surface area contributed by atoms with E-state index >= 15 is 0 Å². The maximum absolute atomic E-state index is 4.57. The van der Waals surface area contributed by atoms with Crippen LogP contribution in [0.25, 0.3) is 0 Å². The SMILES string of the molecule is CCc1nc(CCNC(=NC)NCC(CC)CC)cs1. The van der Waals surface area contributed by atoms with Gasteiger partial charge < -0.3 is 10.6 Å². The third-order valence-corrected chi connectivity index (χ3v) is 4.55. The number of thiazole rings is 1. The summed E-state index contributed by atoms with van der Waals surface area (Å²) in [6.07, 6.45) is 4.39. The van der Waals surface area contributed by atoms with Gasteiger partial charge in [0, 0.05) is 31.9 Å². The van der Waals surface area contributed by atoms with Gasteiger partial charge in [-0.05, 0) is 12.3 Å². The molecule has 1 aromatic rings. The van der Waals surface area contributed by atoms with Crippen LogP contribution in [-0.4, -0.2) is 31.1 Å². The Morgan fingerprint density at radius 3 is 2.60 bits per heavy atom. The van der Waals surface area contributed by atoms with Gasteiger partial charge in [-0.2, -0.15) is 0 Å². The molecule has 0 radical (unpaired) electrons. The zero-order valence-corrected chi connectivity index (χ0v) is 14.0. The van der Waals surface area contributed by atoms with Gasteiger partial charge in [-0.25, -0.2) is 4.98 Å². The van der Waals surface area contributed by atoms with E-state index in [1.165, 1.54) is 23.5 Å². The smallest absolute Gasteiger partial charge is 0.190 e. The average molecular weight is 296 g/mol. The molecule has 0 aliphatic rings. The Hall–Kier alpha value is -1.10. The fourth-order valence-electron chi connectivity index (χ4n) is 1.97. The molecule has 0 aliphatic heterocycles. The molecule has 0 atom stereocenters. The summed E-state index contributed by atoms with van der Waals surface area (Å²) >= 11 is 1.75. The van der Waals surface area contributed by atoms with E-state index in [0.29, 0.717) is 0 Å². The Bertz CT molecular complexity index is 396. The molecule has 0 bridgehead atoms. The molecular weight excluding hydrogens is 268 g/mol. The van der Waals surface area contributed by atoms with Gasteiger partial charge in [-0.1, -0.05) is 33.6 Å². The van der Waals surface area contributed by atoms with Crippen molar-refractivity contribution < 1.29 is 0 Å². The lowest BCUT2D eigenvalue weighted by atomic mass is 10.0. The molecule has 0 amide bonds. The van der Waals surface area contributed by atoms with E-state index in [9.17, 15) is 0 Å². The number of rotatable bonds is 8. The maximum atomic E-state index is 4.57. The highest BCUT2D eigenvalue weighted by Gasteiger charge is 2.05. The van der Waals surface area contributed by atoms with Crippen molar-refractivity contribution in [2.24, 2.45) is 10.9 Å². The van der Waals surface area contributed by atoms with Gasteiger partial charge in [0.25, 0.3) is 0 Å². The summed E-state index contributed by atoms with van der Waals surface area (Å²) in [4.78, 5) is 8.83. The summed E-state index contributed by atoms with van der Waals surface area (Å²) in [5, 5.41) is 10.1. The van der Waals surface area contributed by atoms with Gasteiger partial charge in [0.05, 0.1) is 10.7 Å². The number of hydrogen-bond acceptors (Lipinski definition) is 3. The highest BCUT2D eigenvalue weighted by Crippen LogP contribution is 2.10. The molecule has 1 aromatic heterocycles. The largest absolute Gasteiger partial charge is 0.356 e. The number of aliphatic imine (C=N–C) groups is 1. The van der Waals surface area contributed by atoms with E-state index in [0.717, 1.165) is 37.8 Å². The van der Waals surface area contributed by atoms with Crippen LogP contribution in [0.2, 0.25) is 0 Å². The van der Waals surface area contributed by atoms with Crippen LogP contribution >= 0.6 is 11.3 Å². The first-order valence-corrected chi connectivity index (χ1v) is 8.49. The van der Waals surface area contributed by atoms with Crippen LogP contribution in [0.4, 0.5) is 0 Å². The highest BCUT2D eigenvalue weighted by atomic mass is 32.1. The summed E-state index contributed by atoms with van der Waals surface area (Å²) in [7, 11) is 1.82. The van der Waals surface area contributed by atoms with Crippen LogP contribution in [0.5, 0.6) is 0 Å². The van der Waals surface area contributed by atoms with Gasteiger partial charge in [0.1, 0.15) is 0 Å². The van der Waals surface area contributed by atoms with Crippen molar-refractivity contribution >= 4 is 17.3 Å². The lowest BCUT2D eigenvalue weighted by Crippen LogP contribution is -2.40. The standard InChI is InChI=1S/C15H28N4S/c1-5-12(6-2)10-18-15(16-4)17-9-8-13-11-20-14(7-3)19-13/h11-12H,5-10H2,1-4H3,(H2,16,17,18). The Morgan fingerprint density at radius 2 is 2.05 bits per heavy atom. The van der Waals surface area contributed by atoms with E-state index in [4.69, 9.17) is 0 Å². The minimum absolute atomic E-state index is 0.721. The Balaban J connectivity index is 2.27. The van der Waals surface area contributed by atoms with Crippen molar-refractivity contribution in [3.8, 4) is 0 Å². The predicted octanol–water partition coefficient (Wildman–Crippen LogP) is 2.85. The van der Waals surface area contributed by atoms with Crippen molar-refractivity contribution in [1.29, 1.82) is 0 Å². The van der Waals surface area contributed by atoms with Crippen molar-refractivity contribution in [3.63, 3.8) is 0 Å². The number of hydrogen-bond donors (Lipinski definition) is 2. The van der Waals surface area contributed by atoms with Crippen LogP contribution in [0.15, 0.2) is 10.4 Å². The van der Waals surface area contributed by atoms with Gasteiger partial charge in [0.15, 0.2) is 5.96 Å². The molecular formula is C15H28N4S. The van der Waals surface area contributed by atoms with Crippen molar-refractivity contribution in [2.45, 2.75) is 46.5 Å². The van der Waals surface area contributed by atoms with Gasteiger partial charge in [-0.15, -0.1) is 11.3 Å². The van der Waals surface area contributed by atoms with Crippen LogP contribution in [0, 0.1) is 5.92 Å². The first kappa shape index (κ1) is 17.0. The Morgan fingerprint density at radius 1 is 1.30 bits per heavy atom. The molecule has 5 heteroatoms. The van der Waals surface area contributed by atoms with Crippen molar-refractivity contribution in [1.82, 2.24) is 15.6 Å². The Labute approximate surface area is 127 Å². The topological polar surface area (TPSA) is 49.3 Å². The molecule has 0 unspecified atom stereocenters. The Kier molecular flexibility index (Phi) is 8.26. The molecule has 0 aliphatic carbocycles. The summed E-state index contributed by atoms with van der Waals surface area (Å²) in [5.74, 6) is 1.61. The van der Waals surface area contributed by atoms with E-state index < -0.39 is 0 Å². The van der Waals surface area contributed by atoms with Gasteiger partial charge in [0.2, 0.25) is 0 Å². The van der Waals surface area contributed by atoms with Gasteiger partial charge in [-0.3, -0.25) is 4.99 Å². The first-order valence-electron chi connectivity index (χ1n) is 7.61. The average Bonchev–Trinajstić information content (AvgIpc) is 2.94. The first-order chi connectivity index (χ1) is 9.73. The van der Waals surface area contributed by atoms with Crippen LogP contribution in [0.3, 0.4) is 0 Å².